The molecule has 0 radical (unpaired) electrons. The average molecular weight is 403 g/mol. The number of aromatic nitrogens is 4. The summed E-state index contributed by atoms with van der Waals surface area (Å²) in [7, 11) is 0. The molecule has 30 heavy (non-hydrogen) atoms. The van der Waals surface area contributed by atoms with Crippen LogP contribution in [-0.2, 0) is 5.41 Å². The van der Waals surface area contributed by atoms with Gasteiger partial charge in [-0.3, -0.25) is 0 Å². The summed E-state index contributed by atoms with van der Waals surface area (Å²) >= 11 is 0. The van der Waals surface area contributed by atoms with E-state index in [9.17, 15) is 0 Å². The molecule has 0 saturated heterocycles. The fraction of sp³-hybridized carbons (Fsp3) is 0.500. The first-order chi connectivity index (χ1) is 14.8. The summed E-state index contributed by atoms with van der Waals surface area (Å²) < 4.78 is 0. The summed E-state index contributed by atoms with van der Waals surface area (Å²) in [5.74, 6) is 0.680. The lowest BCUT2D eigenvalue weighted by Gasteiger charge is -2.33. The minimum Gasteiger partial charge on any atom is -0.177 e. The van der Waals surface area contributed by atoms with Crippen LogP contribution >= 0.6 is 0 Å². The molecular weight excluding hydrogens is 368 g/mol. The Hall–Kier alpha value is -2.49. The van der Waals surface area contributed by atoms with Crippen molar-refractivity contribution >= 4 is 0 Å². The second-order valence-corrected chi connectivity index (χ2v) is 8.74. The van der Waals surface area contributed by atoms with E-state index in [-0.39, 0.29) is 5.41 Å². The zero-order valence-electron chi connectivity index (χ0n) is 18.5. The number of tetrazole rings is 1. The number of benzene rings is 2. The Kier molecular flexibility index (Phi) is 6.61. The summed E-state index contributed by atoms with van der Waals surface area (Å²) in [5.41, 5.74) is 6.97. The highest BCUT2D eigenvalue weighted by molar-refractivity contribution is 5.83. The summed E-state index contributed by atoms with van der Waals surface area (Å²) in [6.07, 6.45) is 12.8. The maximum absolute atomic E-state index is 4.23. The minimum absolute atomic E-state index is 0.104. The van der Waals surface area contributed by atoms with Crippen LogP contribution in [0.4, 0.5) is 0 Å². The van der Waals surface area contributed by atoms with Gasteiger partial charge in [-0.25, -0.2) is 0 Å². The molecule has 3 aromatic rings. The molecule has 4 nitrogen and oxygen atoms in total. The van der Waals surface area contributed by atoms with Gasteiger partial charge in [0, 0.05) is 11.0 Å². The van der Waals surface area contributed by atoms with E-state index in [1.807, 2.05) is 0 Å². The van der Waals surface area contributed by atoms with Crippen LogP contribution in [0.5, 0.6) is 0 Å². The fourth-order valence-corrected chi connectivity index (χ4v) is 5.25. The first kappa shape index (κ1) is 20.8. The molecular formula is C26H34N4. The van der Waals surface area contributed by atoms with Gasteiger partial charge in [0.2, 0.25) is 5.82 Å². The van der Waals surface area contributed by atoms with Crippen molar-refractivity contribution in [3.63, 3.8) is 0 Å². The molecule has 0 bridgehead atoms. The fourth-order valence-electron chi connectivity index (χ4n) is 5.25. The van der Waals surface area contributed by atoms with Gasteiger partial charge >= 0.3 is 0 Å². The van der Waals surface area contributed by atoms with Crippen LogP contribution in [0.3, 0.4) is 0 Å². The van der Waals surface area contributed by atoms with Crippen molar-refractivity contribution in [2.24, 2.45) is 0 Å². The predicted molar refractivity (Wildman–Crippen MR) is 123 cm³/mol. The Morgan fingerprint density at radius 2 is 1.47 bits per heavy atom. The zero-order valence-corrected chi connectivity index (χ0v) is 18.5. The van der Waals surface area contributed by atoms with Gasteiger partial charge in [0.25, 0.3) is 0 Å². The molecule has 2 aromatic carbocycles. The van der Waals surface area contributed by atoms with Crippen molar-refractivity contribution in [2.75, 3.05) is 0 Å². The SMILES string of the molecule is CCCCCCC1(CCCCCC)c2ccccc2-c2ccc(-c3nn[nH]n3)cc21. The third-order valence-electron chi connectivity index (χ3n) is 6.79. The number of H-pyrrole nitrogens is 1. The number of nitrogens with zero attached hydrogens (tertiary/aromatic N) is 3. The molecule has 158 valence electrons. The van der Waals surface area contributed by atoms with Crippen LogP contribution in [-0.4, -0.2) is 20.6 Å². The van der Waals surface area contributed by atoms with Crippen molar-refractivity contribution in [1.82, 2.24) is 20.6 Å². The van der Waals surface area contributed by atoms with E-state index in [1.165, 1.54) is 86.5 Å². The second-order valence-electron chi connectivity index (χ2n) is 8.74. The van der Waals surface area contributed by atoms with Gasteiger partial charge in [-0.1, -0.05) is 102 Å². The first-order valence-corrected chi connectivity index (χ1v) is 11.8. The highest BCUT2D eigenvalue weighted by Crippen LogP contribution is 2.54. The van der Waals surface area contributed by atoms with Gasteiger partial charge < -0.3 is 0 Å². The van der Waals surface area contributed by atoms with E-state index >= 15 is 0 Å². The first-order valence-electron chi connectivity index (χ1n) is 11.8. The lowest BCUT2D eigenvalue weighted by atomic mass is 9.70. The Morgan fingerprint density at radius 3 is 2.13 bits per heavy atom. The smallest absolute Gasteiger partial charge is 0.177 e. The molecule has 1 N–H and O–H groups in total. The lowest BCUT2D eigenvalue weighted by molar-refractivity contribution is 0.401. The van der Waals surface area contributed by atoms with Crippen LogP contribution in [0.1, 0.15) is 89.2 Å². The Morgan fingerprint density at radius 1 is 0.767 bits per heavy atom. The normalized spacial score (nSPS) is 13.9. The summed E-state index contributed by atoms with van der Waals surface area (Å²) in [4.78, 5) is 0. The molecule has 1 aromatic heterocycles. The van der Waals surface area contributed by atoms with E-state index < -0.39 is 0 Å². The van der Waals surface area contributed by atoms with Crippen molar-refractivity contribution in [3.05, 3.63) is 53.6 Å². The van der Waals surface area contributed by atoms with Crippen molar-refractivity contribution < 1.29 is 0 Å². The van der Waals surface area contributed by atoms with Crippen LogP contribution < -0.4 is 0 Å². The van der Waals surface area contributed by atoms with Gasteiger partial charge in [-0.15, -0.1) is 10.2 Å². The Balaban J connectivity index is 1.77. The van der Waals surface area contributed by atoms with Crippen molar-refractivity contribution in [1.29, 1.82) is 0 Å². The zero-order chi connectivity index (χ0) is 20.8. The van der Waals surface area contributed by atoms with Gasteiger partial charge in [0.15, 0.2) is 0 Å². The molecule has 0 aliphatic heterocycles. The number of unbranched alkanes of at least 4 members (excludes halogenated alkanes) is 6. The molecule has 1 aliphatic carbocycles. The second kappa shape index (κ2) is 9.55. The van der Waals surface area contributed by atoms with Gasteiger partial charge in [0.1, 0.15) is 0 Å². The minimum atomic E-state index is 0.104. The summed E-state index contributed by atoms with van der Waals surface area (Å²) in [6.45, 7) is 4.58. The van der Waals surface area contributed by atoms with E-state index in [0.717, 1.165) is 5.56 Å². The molecule has 0 unspecified atom stereocenters. The molecule has 0 atom stereocenters. The summed E-state index contributed by atoms with van der Waals surface area (Å²) in [6, 6.07) is 15.9. The quantitative estimate of drug-likeness (QED) is 0.349. The number of hydrogen-bond acceptors (Lipinski definition) is 3. The molecule has 0 fully saturated rings. The van der Waals surface area contributed by atoms with Crippen LogP contribution in [0.2, 0.25) is 0 Å². The maximum Gasteiger partial charge on any atom is 0.204 e. The monoisotopic (exact) mass is 402 g/mol. The lowest BCUT2D eigenvalue weighted by Crippen LogP contribution is -2.25. The topological polar surface area (TPSA) is 54.5 Å². The van der Waals surface area contributed by atoms with Crippen LogP contribution in [0, 0.1) is 0 Å². The number of nitrogens with one attached hydrogen (secondary N) is 1. The Bertz CT molecular complexity index is 933. The van der Waals surface area contributed by atoms with Crippen molar-refractivity contribution in [3.8, 4) is 22.5 Å². The molecule has 1 heterocycles. The average Bonchev–Trinajstić information content (AvgIpc) is 3.41. The van der Waals surface area contributed by atoms with Gasteiger partial charge in [-0.2, -0.15) is 5.21 Å². The number of fused-ring (bicyclic) bond motifs is 3. The third kappa shape index (κ3) is 3.92. The highest BCUT2D eigenvalue weighted by Gasteiger charge is 2.42. The van der Waals surface area contributed by atoms with Crippen LogP contribution in [0.15, 0.2) is 42.5 Å². The van der Waals surface area contributed by atoms with Gasteiger partial charge in [0.05, 0.1) is 0 Å². The largest absolute Gasteiger partial charge is 0.204 e. The summed E-state index contributed by atoms with van der Waals surface area (Å²) in [5, 5.41) is 14.8. The van der Waals surface area contributed by atoms with E-state index in [0.29, 0.717) is 5.82 Å². The van der Waals surface area contributed by atoms with Gasteiger partial charge in [-0.05, 0) is 46.4 Å². The van der Waals surface area contributed by atoms with Crippen LogP contribution in [0.25, 0.3) is 22.5 Å². The molecule has 0 saturated carbocycles. The predicted octanol–water partition coefficient (Wildman–Crippen LogP) is 7.07. The van der Waals surface area contributed by atoms with Crippen molar-refractivity contribution in [2.45, 2.75) is 83.5 Å². The molecule has 4 rings (SSSR count). The Labute approximate surface area is 180 Å². The molecule has 1 aliphatic rings. The maximum atomic E-state index is 4.23. The highest BCUT2D eigenvalue weighted by atomic mass is 15.5. The standard InChI is InChI=1S/C26H34N4/c1-3-5-7-11-17-26(18-12-8-6-4-2)23-14-10-9-13-21(23)22-16-15-20(19-24(22)26)25-27-29-30-28-25/h9-10,13-16,19H,3-8,11-12,17-18H2,1-2H3,(H,27,28,29,30). The van der Waals surface area contributed by atoms with E-state index in [2.05, 4.69) is 76.9 Å². The number of rotatable bonds is 11. The molecule has 0 spiro atoms. The molecule has 0 amide bonds. The van der Waals surface area contributed by atoms with E-state index in [1.54, 1.807) is 0 Å². The third-order valence-corrected chi connectivity index (χ3v) is 6.79. The van der Waals surface area contributed by atoms with E-state index in [4.69, 9.17) is 0 Å². The molecule has 4 heteroatoms. The number of hydrogen-bond donors (Lipinski definition) is 1. The number of aromatic amines is 1.